The van der Waals surface area contributed by atoms with Gasteiger partial charge in [-0.2, -0.15) is 0 Å². The number of nitrogens with zero attached hydrogens (tertiary/aromatic N) is 3. The van der Waals surface area contributed by atoms with Gasteiger partial charge in [0.05, 0.1) is 10.2 Å². The van der Waals surface area contributed by atoms with E-state index in [1.807, 2.05) is 19.1 Å². The summed E-state index contributed by atoms with van der Waals surface area (Å²) in [5, 5.41) is 1.88. The molecule has 0 aliphatic carbocycles. The lowest BCUT2D eigenvalue weighted by Gasteiger charge is -2.34. The lowest BCUT2D eigenvalue weighted by molar-refractivity contribution is 0.174. The SMILES string of the molecule is Cc1c(Cl)ccc2sc(N3CCN(Cc4ccc5c(c4)OCO5)CC3)nc12. The van der Waals surface area contributed by atoms with Crippen LogP contribution in [0.4, 0.5) is 5.13 Å². The molecule has 3 aromatic rings. The minimum Gasteiger partial charge on any atom is -0.454 e. The van der Waals surface area contributed by atoms with Gasteiger partial charge in [-0.05, 0) is 42.3 Å². The van der Waals surface area contributed by atoms with E-state index in [9.17, 15) is 0 Å². The highest BCUT2D eigenvalue weighted by Gasteiger charge is 2.21. The van der Waals surface area contributed by atoms with Crippen molar-refractivity contribution in [2.45, 2.75) is 13.5 Å². The lowest BCUT2D eigenvalue weighted by atomic mass is 10.1. The summed E-state index contributed by atoms with van der Waals surface area (Å²) in [5.74, 6) is 1.70. The summed E-state index contributed by atoms with van der Waals surface area (Å²) in [6.45, 7) is 7.29. The second kappa shape index (κ2) is 6.86. The van der Waals surface area contributed by atoms with Crippen molar-refractivity contribution in [1.82, 2.24) is 9.88 Å². The Morgan fingerprint density at radius 2 is 1.89 bits per heavy atom. The quantitative estimate of drug-likeness (QED) is 0.653. The zero-order valence-corrected chi connectivity index (χ0v) is 16.6. The third kappa shape index (κ3) is 3.22. The summed E-state index contributed by atoms with van der Waals surface area (Å²) < 4.78 is 12.1. The number of halogens is 1. The molecule has 0 amide bonds. The Kier molecular flexibility index (Phi) is 4.34. The van der Waals surface area contributed by atoms with Gasteiger partial charge in [-0.1, -0.05) is 29.0 Å². The molecule has 7 heteroatoms. The predicted molar refractivity (Wildman–Crippen MR) is 109 cm³/mol. The topological polar surface area (TPSA) is 37.8 Å². The van der Waals surface area contributed by atoms with Crippen molar-refractivity contribution in [2.75, 3.05) is 37.9 Å². The third-order valence-corrected chi connectivity index (χ3v) is 6.71. The number of piperazine rings is 1. The molecule has 5 rings (SSSR count). The number of hydrogen-bond acceptors (Lipinski definition) is 6. The van der Waals surface area contributed by atoms with E-state index in [0.717, 1.165) is 65.5 Å². The maximum atomic E-state index is 6.24. The molecule has 27 heavy (non-hydrogen) atoms. The van der Waals surface area contributed by atoms with Crippen LogP contribution in [0.25, 0.3) is 10.2 Å². The van der Waals surface area contributed by atoms with E-state index < -0.39 is 0 Å². The van der Waals surface area contributed by atoms with Crippen LogP contribution in [0.5, 0.6) is 11.5 Å². The Morgan fingerprint density at radius 3 is 2.74 bits per heavy atom. The van der Waals surface area contributed by atoms with Crippen LogP contribution in [0.15, 0.2) is 30.3 Å². The molecule has 2 aliphatic rings. The van der Waals surface area contributed by atoms with Crippen LogP contribution in [0, 0.1) is 6.92 Å². The summed E-state index contributed by atoms with van der Waals surface area (Å²) in [4.78, 5) is 9.71. The molecular weight excluding hydrogens is 382 g/mol. The average Bonchev–Trinajstić information content (AvgIpc) is 3.32. The molecule has 0 radical (unpaired) electrons. The molecule has 2 aliphatic heterocycles. The summed E-state index contributed by atoms with van der Waals surface area (Å²) in [5.41, 5.74) is 3.36. The highest BCUT2D eigenvalue weighted by Crippen LogP contribution is 2.35. The van der Waals surface area contributed by atoms with Crippen LogP contribution in [0.1, 0.15) is 11.1 Å². The van der Waals surface area contributed by atoms with Crippen molar-refractivity contribution in [3.63, 3.8) is 0 Å². The van der Waals surface area contributed by atoms with Gasteiger partial charge in [0.1, 0.15) is 0 Å². The van der Waals surface area contributed by atoms with Crippen molar-refractivity contribution in [2.24, 2.45) is 0 Å². The van der Waals surface area contributed by atoms with Crippen LogP contribution in [0.2, 0.25) is 5.02 Å². The first-order chi connectivity index (χ1) is 13.2. The van der Waals surface area contributed by atoms with E-state index in [-0.39, 0.29) is 0 Å². The first kappa shape index (κ1) is 17.1. The Balaban J connectivity index is 1.26. The standard InChI is InChI=1S/C20H20ClN3O2S/c1-13-15(21)3-5-18-19(13)22-20(27-18)24-8-6-23(7-9-24)11-14-2-4-16-17(10-14)26-12-25-16/h2-5,10H,6-9,11-12H2,1H3. The summed E-state index contributed by atoms with van der Waals surface area (Å²) in [6.07, 6.45) is 0. The van der Waals surface area contributed by atoms with Crippen molar-refractivity contribution >= 4 is 38.3 Å². The fourth-order valence-corrected chi connectivity index (χ4v) is 4.85. The third-order valence-electron chi connectivity index (χ3n) is 5.22. The van der Waals surface area contributed by atoms with Gasteiger partial charge in [0.15, 0.2) is 16.6 Å². The molecule has 1 saturated heterocycles. The van der Waals surface area contributed by atoms with E-state index in [4.69, 9.17) is 26.1 Å². The van der Waals surface area contributed by atoms with Crippen molar-refractivity contribution in [3.05, 3.63) is 46.5 Å². The fourth-order valence-electron chi connectivity index (χ4n) is 3.62. The van der Waals surface area contributed by atoms with Gasteiger partial charge in [0.25, 0.3) is 0 Å². The van der Waals surface area contributed by atoms with Crippen LogP contribution >= 0.6 is 22.9 Å². The molecule has 0 unspecified atom stereocenters. The Hall–Kier alpha value is -2.02. The largest absolute Gasteiger partial charge is 0.454 e. The monoisotopic (exact) mass is 401 g/mol. The number of hydrogen-bond donors (Lipinski definition) is 0. The number of rotatable bonds is 3. The number of ether oxygens (including phenoxy) is 2. The van der Waals surface area contributed by atoms with Crippen LogP contribution in [-0.4, -0.2) is 42.9 Å². The number of fused-ring (bicyclic) bond motifs is 2. The molecule has 0 saturated carbocycles. The molecule has 3 heterocycles. The molecule has 5 nitrogen and oxygen atoms in total. The molecule has 140 valence electrons. The van der Waals surface area contributed by atoms with Crippen LogP contribution < -0.4 is 14.4 Å². The zero-order valence-electron chi connectivity index (χ0n) is 15.1. The van der Waals surface area contributed by atoms with E-state index >= 15 is 0 Å². The van der Waals surface area contributed by atoms with Gasteiger partial charge in [0.2, 0.25) is 6.79 Å². The molecule has 0 spiro atoms. The molecule has 0 bridgehead atoms. The van der Waals surface area contributed by atoms with Gasteiger partial charge in [0, 0.05) is 37.7 Å². The maximum absolute atomic E-state index is 6.24. The van der Waals surface area contributed by atoms with Gasteiger partial charge in [-0.15, -0.1) is 0 Å². The first-order valence-electron chi connectivity index (χ1n) is 9.09. The molecule has 0 atom stereocenters. The fraction of sp³-hybridized carbons (Fsp3) is 0.350. The molecule has 2 aromatic carbocycles. The second-order valence-electron chi connectivity index (χ2n) is 6.97. The normalized spacial score (nSPS) is 17.0. The van der Waals surface area contributed by atoms with Gasteiger partial charge >= 0.3 is 0 Å². The Bertz CT molecular complexity index is 998. The number of aryl methyl sites for hydroxylation is 1. The summed E-state index contributed by atoms with van der Waals surface area (Å²) in [6, 6.07) is 10.3. The van der Waals surface area contributed by atoms with Crippen molar-refractivity contribution in [3.8, 4) is 11.5 Å². The number of thiazole rings is 1. The van der Waals surface area contributed by atoms with Crippen molar-refractivity contribution in [1.29, 1.82) is 0 Å². The number of aromatic nitrogens is 1. The van der Waals surface area contributed by atoms with Crippen molar-refractivity contribution < 1.29 is 9.47 Å². The Morgan fingerprint density at radius 1 is 1.07 bits per heavy atom. The van der Waals surface area contributed by atoms with Gasteiger partial charge in [-0.3, -0.25) is 4.90 Å². The predicted octanol–water partition coefficient (Wildman–Crippen LogP) is 4.31. The molecule has 0 N–H and O–H groups in total. The highest BCUT2D eigenvalue weighted by molar-refractivity contribution is 7.22. The zero-order chi connectivity index (χ0) is 18.4. The smallest absolute Gasteiger partial charge is 0.231 e. The second-order valence-corrected chi connectivity index (χ2v) is 8.38. The summed E-state index contributed by atoms with van der Waals surface area (Å²) >= 11 is 7.99. The molecular formula is C20H20ClN3O2S. The van der Waals surface area contributed by atoms with Crippen LogP contribution in [0.3, 0.4) is 0 Å². The van der Waals surface area contributed by atoms with E-state index in [2.05, 4.69) is 28.0 Å². The average molecular weight is 402 g/mol. The molecule has 1 fully saturated rings. The number of benzene rings is 2. The minimum atomic E-state index is 0.324. The number of anilines is 1. The Labute approximate surface area is 167 Å². The van der Waals surface area contributed by atoms with Gasteiger partial charge < -0.3 is 14.4 Å². The van der Waals surface area contributed by atoms with Gasteiger partial charge in [-0.25, -0.2) is 4.98 Å². The van der Waals surface area contributed by atoms with E-state index in [0.29, 0.717) is 6.79 Å². The maximum Gasteiger partial charge on any atom is 0.231 e. The van der Waals surface area contributed by atoms with E-state index in [1.165, 1.54) is 10.3 Å². The van der Waals surface area contributed by atoms with E-state index in [1.54, 1.807) is 11.3 Å². The lowest BCUT2D eigenvalue weighted by Crippen LogP contribution is -2.45. The molecule has 1 aromatic heterocycles. The van der Waals surface area contributed by atoms with Crippen LogP contribution in [-0.2, 0) is 6.54 Å². The minimum absolute atomic E-state index is 0.324. The summed E-state index contributed by atoms with van der Waals surface area (Å²) in [7, 11) is 0. The first-order valence-corrected chi connectivity index (χ1v) is 10.3. The highest BCUT2D eigenvalue weighted by atomic mass is 35.5.